The number of thiophene rings is 1. The maximum atomic E-state index is 12.4. The monoisotopic (exact) mass is 349 g/mol. The molecule has 1 aliphatic heterocycles. The summed E-state index contributed by atoms with van der Waals surface area (Å²) < 4.78 is 10.9. The third kappa shape index (κ3) is 3.07. The zero-order valence-electron chi connectivity index (χ0n) is 12.8. The molecule has 1 aromatic carbocycles. The summed E-state index contributed by atoms with van der Waals surface area (Å²) in [5.74, 6) is 0.232. The van der Waals surface area contributed by atoms with Crippen LogP contribution in [0.1, 0.15) is 25.6 Å². The van der Waals surface area contributed by atoms with Crippen molar-refractivity contribution in [1.29, 1.82) is 0 Å². The van der Waals surface area contributed by atoms with Crippen molar-refractivity contribution in [2.75, 3.05) is 0 Å². The number of fused-ring (bicyclic) bond motifs is 1. The molecule has 0 unspecified atom stereocenters. The van der Waals surface area contributed by atoms with E-state index >= 15 is 0 Å². The van der Waals surface area contributed by atoms with Gasteiger partial charge >= 0.3 is 5.97 Å². The summed E-state index contributed by atoms with van der Waals surface area (Å²) in [5, 5.41) is 1.93. The maximum absolute atomic E-state index is 12.4. The van der Waals surface area contributed by atoms with Crippen LogP contribution in [-0.2, 0) is 0 Å². The number of carbonyl (C=O) groups excluding carboxylic acids is 2. The zero-order chi connectivity index (χ0) is 17.2. The second-order valence-electron chi connectivity index (χ2n) is 5.24. The lowest BCUT2D eigenvalue weighted by atomic mass is 10.1. The van der Waals surface area contributed by atoms with Crippen LogP contribution >= 0.6 is 11.3 Å². The predicted octanol–water partition coefficient (Wildman–Crippen LogP) is 3.98. The topological polar surface area (TPSA) is 65.5 Å². The molecule has 0 saturated carbocycles. The van der Waals surface area contributed by atoms with E-state index in [9.17, 15) is 9.59 Å². The quantitative estimate of drug-likeness (QED) is 0.406. The first-order valence-corrected chi connectivity index (χ1v) is 8.33. The average Bonchev–Trinajstić information content (AvgIpc) is 3.24. The van der Waals surface area contributed by atoms with Crippen LogP contribution in [0, 0.1) is 0 Å². The molecule has 1 aliphatic rings. The van der Waals surface area contributed by atoms with Crippen LogP contribution in [-0.4, -0.2) is 16.7 Å². The van der Waals surface area contributed by atoms with E-state index in [2.05, 4.69) is 4.98 Å². The molecule has 0 saturated heterocycles. The molecule has 2 aromatic heterocycles. The first-order chi connectivity index (χ1) is 12.2. The smallest absolute Gasteiger partial charge is 0.345 e. The largest absolute Gasteiger partial charge is 0.452 e. The number of esters is 1. The molecule has 0 aliphatic carbocycles. The molecule has 25 heavy (non-hydrogen) atoms. The highest BCUT2D eigenvalue weighted by molar-refractivity contribution is 7.10. The van der Waals surface area contributed by atoms with E-state index < -0.39 is 5.97 Å². The number of pyridine rings is 1. The van der Waals surface area contributed by atoms with Crippen molar-refractivity contribution in [2.45, 2.75) is 0 Å². The number of rotatable bonds is 3. The van der Waals surface area contributed by atoms with Crippen LogP contribution < -0.4 is 9.47 Å². The van der Waals surface area contributed by atoms with Gasteiger partial charge in [0.2, 0.25) is 5.78 Å². The highest BCUT2D eigenvalue weighted by Crippen LogP contribution is 2.35. The highest BCUT2D eigenvalue weighted by Gasteiger charge is 2.28. The molecule has 0 atom stereocenters. The van der Waals surface area contributed by atoms with E-state index in [1.165, 1.54) is 23.6 Å². The Labute approximate surface area is 147 Å². The minimum absolute atomic E-state index is 0.187. The van der Waals surface area contributed by atoms with Crippen LogP contribution in [0.15, 0.2) is 66.0 Å². The summed E-state index contributed by atoms with van der Waals surface area (Å²) in [6.07, 6.45) is 4.71. The molecule has 0 amide bonds. The third-order valence-corrected chi connectivity index (χ3v) is 4.39. The minimum atomic E-state index is -0.522. The van der Waals surface area contributed by atoms with Crippen molar-refractivity contribution in [3.05, 3.63) is 82.0 Å². The van der Waals surface area contributed by atoms with Crippen LogP contribution in [0.25, 0.3) is 6.08 Å². The predicted molar refractivity (Wildman–Crippen MR) is 92.9 cm³/mol. The van der Waals surface area contributed by atoms with Gasteiger partial charge in [0.25, 0.3) is 0 Å². The lowest BCUT2D eigenvalue weighted by Gasteiger charge is -2.05. The van der Waals surface area contributed by atoms with Crippen molar-refractivity contribution in [2.24, 2.45) is 0 Å². The number of aromatic nitrogens is 1. The summed E-state index contributed by atoms with van der Waals surface area (Å²) in [6.45, 7) is 0. The molecule has 122 valence electrons. The molecule has 0 fully saturated rings. The van der Waals surface area contributed by atoms with Crippen molar-refractivity contribution >= 4 is 29.2 Å². The highest BCUT2D eigenvalue weighted by atomic mass is 32.1. The van der Waals surface area contributed by atoms with Gasteiger partial charge in [-0.3, -0.25) is 9.78 Å². The number of carbonyl (C=O) groups is 2. The SMILES string of the molecule is O=C(Oc1ccc2c(c1)O/C(=C\c1cccs1)C2=O)c1cccnc1. The van der Waals surface area contributed by atoms with E-state index in [-0.39, 0.29) is 11.5 Å². The molecule has 0 radical (unpaired) electrons. The summed E-state index contributed by atoms with van der Waals surface area (Å²) >= 11 is 1.52. The molecule has 5 nitrogen and oxygen atoms in total. The van der Waals surface area contributed by atoms with Crippen LogP contribution in [0.3, 0.4) is 0 Å². The lowest BCUT2D eigenvalue weighted by Crippen LogP contribution is -2.08. The molecule has 6 heteroatoms. The Morgan fingerprint density at radius 2 is 2.12 bits per heavy atom. The van der Waals surface area contributed by atoms with Gasteiger partial charge in [0.05, 0.1) is 11.1 Å². The Hall–Kier alpha value is -3.25. The Kier molecular flexibility index (Phi) is 3.87. The van der Waals surface area contributed by atoms with E-state index in [4.69, 9.17) is 9.47 Å². The molecule has 4 rings (SSSR count). The molecular weight excluding hydrogens is 338 g/mol. The fourth-order valence-corrected chi connectivity index (χ4v) is 3.03. The van der Waals surface area contributed by atoms with Gasteiger partial charge in [-0.15, -0.1) is 11.3 Å². The van der Waals surface area contributed by atoms with Gasteiger partial charge in [0, 0.05) is 29.4 Å². The van der Waals surface area contributed by atoms with E-state index in [0.29, 0.717) is 22.6 Å². The van der Waals surface area contributed by atoms with Crippen molar-refractivity contribution in [3.63, 3.8) is 0 Å². The fraction of sp³-hybridized carbons (Fsp3) is 0. The lowest BCUT2D eigenvalue weighted by molar-refractivity contribution is 0.0734. The van der Waals surface area contributed by atoms with Gasteiger partial charge in [-0.05, 0) is 35.7 Å². The average molecular weight is 349 g/mol. The van der Waals surface area contributed by atoms with Crippen LogP contribution in [0.4, 0.5) is 0 Å². The summed E-state index contributed by atoms with van der Waals surface area (Å²) in [4.78, 5) is 29.3. The maximum Gasteiger partial charge on any atom is 0.345 e. The Morgan fingerprint density at radius 1 is 1.20 bits per heavy atom. The number of allylic oxidation sites excluding steroid dienone is 1. The molecule has 3 aromatic rings. The van der Waals surface area contributed by atoms with Crippen LogP contribution in [0.2, 0.25) is 0 Å². The van der Waals surface area contributed by atoms with Gasteiger partial charge in [-0.1, -0.05) is 6.07 Å². The minimum Gasteiger partial charge on any atom is -0.452 e. The van der Waals surface area contributed by atoms with Gasteiger partial charge < -0.3 is 9.47 Å². The molecule has 3 heterocycles. The summed E-state index contributed by atoms with van der Waals surface area (Å²) in [5.41, 5.74) is 0.794. The molecule has 0 bridgehead atoms. The fourth-order valence-electron chi connectivity index (χ4n) is 2.38. The Balaban J connectivity index is 1.56. The summed E-state index contributed by atoms with van der Waals surface area (Å²) in [6, 6.07) is 11.8. The number of ketones is 1. The Morgan fingerprint density at radius 3 is 2.88 bits per heavy atom. The number of benzene rings is 1. The summed E-state index contributed by atoms with van der Waals surface area (Å²) in [7, 11) is 0. The van der Waals surface area contributed by atoms with Crippen molar-refractivity contribution in [1.82, 2.24) is 4.98 Å². The Bertz CT molecular complexity index is 978. The van der Waals surface area contributed by atoms with Crippen molar-refractivity contribution < 1.29 is 19.1 Å². The number of Topliss-reactive ketones (excluding diaryl/α,β-unsaturated/α-hetero) is 1. The number of hydrogen-bond donors (Lipinski definition) is 0. The van der Waals surface area contributed by atoms with Gasteiger partial charge in [-0.2, -0.15) is 0 Å². The second kappa shape index (κ2) is 6.33. The van der Waals surface area contributed by atoms with Gasteiger partial charge in [0.15, 0.2) is 5.76 Å². The standard InChI is InChI=1S/C19H11NO4S/c21-18-15-6-5-13(23-19(22)12-3-1-7-20-11-12)9-16(15)24-17(18)10-14-4-2-8-25-14/h1-11H/b17-10-. The van der Waals surface area contributed by atoms with E-state index in [1.54, 1.807) is 36.5 Å². The first kappa shape index (κ1) is 15.3. The molecule has 0 spiro atoms. The zero-order valence-corrected chi connectivity index (χ0v) is 13.7. The van der Waals surface area contributed by atoms with Crippen molar-refractivity contribution in [3.8, 4) is 11.5 Å². The van der Waals surface area contributed by atoms with E-state index in [0.717, 1.165) is 4.88 Å². The number of ether oxygens (including phenoxy) is 2. The number of nitrogens with zero attached hydrogens (tertiary/aromatic N) is 1. The molecular formula is C19H11NO4S. The first-order valence-electron chi connectivity index (χ1n) is 7.45. The van der Waals surface area contributed by atoms with Gasteiger partial charge in [-0.25, -0.2) is 4.79 Å². The van der Waals surface area contributed by atoms with Gasteiger partial charge in [0.1, 0.15) is 11.5 Å². The third-order valence-electron chi connectivity index (χ3n) is 3.57. The number of hydrogen-bond acceptors (Lipinski definition) is 6. The molecule has 0 N–H and O–H groups in total. The van der Waals surface area contributed by atoms with E-state index in [1.807, 2.05) is 17.5 Å². The van der Waals surface area contributed by atoms with Crippen LogP contribution in [0.5, 0.6) is 11.5 Å². The second-order valence-corrected chi connectivity index (χ2v) is 6.22. The normalized spacial score (nSPS) is 14.2.